The fraction of sp³-hybridized carbons (Fsp3) is 0.182. The first kappa shape index (κ1) is 28.7. The summed E-state index contributed by atoms with van der Waals surface area (Å²) in [6.07, 6.45) is 1.34. The Kier molecular flexibility index (Phi) is 8.45. The van der Waals surface area contributed by atoms with Crippen LogP contribution in [0.2, 0.25) is 0 Å². The van der Waals surface area contributed by atoms with Crippen LogP contribution in [0.15, 0.2) is 84.9 Å². The molecule has 214 valence electrons. The first-order valence-corrected chi connectivity index (χ1v) is 13.8. The highest BCUT2D eigenvalue weighted by Crippen LogP contribution is 2.35. The SMILES string of the molecule is COc1ccc(-c2cc(C(=O)N(Cl)CCc3ccccc3)ccc2CN2CCc3cc(C(N)=O)ccc32)c(C(=O)O)c1. The molecule has 1 aliphatic heterocycles. The molecule has 0 radical (unpaired) electrons. The van der Waals surface area contributed by atoms with Crippen molar-refractivity contribution in [1.82, 2.24) is 4.42 Å². The van der Waals surface area contributed by atoms with Crippen molar-refractivity contribution in [3.05, 3.63) is 118 Å². The maximum absolute atomic E-state index is 13.4. The molecule has 1 heterocycles. The van der Waals surface area contributed by atoms with Crippen LogP contribution in [-0.4, -0.2) is 47.5 Å². The van der Waals surface area contributed by atoms with Gasteiger partial charge < -0.3 is 20.5 Å². The molecule has 1 aliphatic rings. The molecule has 0 aromatic heterocycles. The van der Waals surface area contributed by atoms with E-state index < -0.39 is 11.9 Å². The number of carboxylic acids is 1. The van der Waals surface area contributed by atoms with Crippen molar-refractivity contribution in [3.8, 4) is 16.9 Å². The Balaban J connectivity index is 1.50. The number of carbonyl (C=O) groups excluding carboxylic acids is 2. The van der Waals surface area contributed by atoms with Gasteiger partial charge in [-0.05, 0) is 89.2 Å². The molecule has 2 amide bonds. The van der Waals surface area contributed by atoms with Gasteiger partial charge in [0.1, 0.15) is 5.75 Å². The second-order valence-corrected chi connectivity index (χ2v) is 10.5. The Morgan fingerprint density at radius 2 is 1.71 bits per heavy atom. The van der Waals surface area contributed by atoms with E-state index in [9.17, 15) is 19.5 Å². The van der Waals surface area contributed by atoms with Crippen LogP contribution in [-0.2, 0) is 19.4 Å². The van der Waals surface area contributed by atoms with Gasteiger partial charge in [-0.2, -0.15) is 0 Å². The molecule has 0 bridgehead atoms. The summed E-state index contributed by atoms with van der Waals surface area (Å²) in [6.45, 7) is 1.47. The van der Waals surface area contributed by atoms with E-state index in [0.29, 0.717) is 54.1 Å². The molecule has 0 aliphatic carbocycles. The van der Waals surface area contributed by atoms with Crippen molar-refractivity contribution >= 4 is 35.2 Å². The van der Waals surface area contributed by atoms with Crippen molar-refractivity contribution in [2.45, 2.75) is 19.4 Å². The lowest BCUT2D eigenvalue weighted by molar-refractivity contribution is 0.0696. The summed E-state index contributed by atoms with van der Waals surface area (Å²) in [7, 11) is 1.48. The normalized spacial score (nSPS) is 12.1. The lowest BCUT2D eigenvalue weighted by atomic mass is 9.92. The van der Waals surface area contributed by atoms with Crippen molar-refractivity contribution in [2.24, 2.45) is 5.73 Å². The number of methoxy groups -OCH3 is 1. The summed E-state index contributed by atoms with van der Waals surface area (Å²) in [5.74, 6) is -1.55. The Bertz CT molecular complexity index is 1660. The molecule has 42 heavy (non-hydrogen) atoms. The zero-order valence-corrected chi connectivity index (χ0v) is 23.8. The molecule has 0 fully saturated rings. The first-order chi connectivity index (χ1) is 20.2. The molecular formula is C33H30ClN3O5. The van der Waals surface area contributed by atoms with Gasteiger partial charge in [0.2, 0.25) is 5.91 Å². The highest BCUT2D eigenvalue weighted by atomic mass is 35.5. The van der Waals surface area contributed by atoms with Gasteiger partial charge in [-0.15, -0.1) is 0 Å². The third-order valence-electron chi connectivity index (χ3n) is 7.48. The monoisotopic (exact) mass is 583 g/mol. The molecule has 4 aromatic carbocycles. The van der Waals surface area contributed by atoms with Crippen molar-refractivity contribution in [3.63, 3.8) is 0 Å². The third kappa shape index (κ3) is 6.09. The number of aromatic carboxylic acids is 1. The van der Waals surface area contributed by atoms with Crippen LogP contribution < -0.4 is 15.4 Å². The number of carbonyl (C=O) groups is 3. The van der Waals surface area contributed by atoms with Crippen LogP contribution in [0.1, 0.15) is 47.8 Å². The van der Waals surface area contributed by atoms with E-state index in [1.807, 2.05) is 48.5 Å². The highest BCUT2D eigenvalue weighted by molar-refractivity contribution is 6.24. The van der Waals surface area contributed by atoms with Crippen molar-refractivity contribution in [1.29, 1.82) is 0 Å². The van der Waals surface area contributed by atoms with Crippen LogP contribution in [0.25, 0.3) is 11.1 Å². The average molecular weight is 584 g/mol. The molecule has 8 nitrogen and oxygen atoms in total. The number of ether oxygens (including phenoxy) is 1. The molecule has 0 saturated heterocycles. The van der Waals surface area contributed by atoms with Gasteiger partial charge >= 0.3 is 5.97 Å². The predicted octanol–water partition coefficient (Wildman–Crippen LogP) is 5.56. The van der Waals surface area contributed by atoms with Crippen LogP contribution in [0.4, 0.5) is 5.69 Å². The van der Waals surface area contributed by atoms with Crippen LogP contribution >= 0.6 is 11.8 Å². The molecule has 5 rings (SSSR count). The summed E-state index contributed by atoms with van der Waals surface area (Å²) < 4.78 is 6.43. The van der Waals surface area contributed by atoms with Gasteiger partial charge in [0.05, 0.1) is 12.7 Å². The van der Waals surface area contributed by atoms with Crippen molar-refractivity contribution in [2.75, 3.05) is 25.1 Å². The molecule has 0 spiro atoms. The largest absolute Gasteiger partial charge is 0.497 e. The maximum atomic E-state index is 13.4. The number of nitrogens with zero attached hydrogens (tertiary/aromatic N) is 2. The number of benzene rings is 4. The Hall–Kier alpha value is -4.82. The van der Waals surface area contributed by atoms with Crippen LogP contribution in [0.5, 0.6) is 5.75 Å². The van der Waals surface area contributed by atoms with Crippen molar-refractivity contribution < 1.29 is 24.2 Å². The van der Waals surface area contributed by atoms with Crippen LogP contribution in [0.3, 0.4) is 0 Å². The third-order valence-corrected chi connectivity index (χ3v) is 7.80. The van der Waals surface area contributed by atoms with Gasteiger partial charge in [-0.25, -0.2) is 4.79 Å². The maximum Gasteiger partial charge on any atom is 0.336 e. The zero-order valence-electron chi connectivity index (χ0n) is 23.0. The second kappa shape index (κ2) is 12.4. The number of hydrogen-bond donors (Lipinski definition) is 2. The fourth-order valence-corrected chi connectivity index (χ4v) is 5.45. The Morgan fingerprint density at radius 3 is 2.43 bits per heavy atom. The number of hydrogen-bond acceptors (Lipinski definition) is 5. The number of amides is 2. The number of carboxylic acid groups (broad SMARTS) is 1. The van der Waals surface area contributed by atoms with Gasteiger partial charge in [0.15, 0.2) is 0 Å². The molecule has 4 aromatic rings. The molecule has 0 saturated carbocycles. The standard InChI is InChI=1S/C33H30ClN3O5/c1-42-26-10-11-27(29(19-26)33(40)41)28-18-24(32(39)37(34)16-13-21-5-3-2-4-6-21)7-8-25(28)20-36-15-14-22-17-23(31(35)38)9-12-30(22)36/h2-12,17-19H,13-16,20H2,1H3,(H2,35,38)(H,40,41). The number of fused-ring (bicyclic) bond motifs is 1. The van der Waals surface area contributed by atoms with E-state index in [2.05, 4.69) is 4.90 Å². The lowest BCUT2D eigenvalue weighted by Crippen LogP contribution is -2.24. The smallest absolute Gasteiger partial charge is 0.336 e. The minimum absolute atomic E-state index is 0.0555. The number of primary amides is 1. The zero-order chi connectivity index (χ0) is 29.8. The highest BCUT2D eigenvalue weighted by Gasteiger charge is 2.24. The lowest BCUT2D eigenvalue weighted by Gasteiger charge is -2.23. The molecule has 9 heteroatoms. The topological polar surface area (TPSA) is 113 Å². The summed E-state index contributed by atoms with van der Waals surface area (Å²) in [5, 5.41) is 10.1. The summed E-state index contributed by atoms with van der Waals surface area (Å²) >= 11 is 6.44. The second-order valence-electron chi connectivity index (χ2n) is 10.1. The van der Waals surface area contributed by atoms with E-state index in [1.165, 1.54) is 13.2 Å². The average Bonchev–Trinajstić information content (AvgIpc) is 3.41. The Morgan fingerprint density at radius 1 is 0.952 bits per heavy atom. The summed E-state index contributed by atoms with van der Waals surface area (Å²) in [5.41, 5.74) is 11.3. The molecule has 0 atom stereocenters. The van der Waals surface area contributed by atoms with Crippen LogP contribution in [0, 0.1) is 0 Å². The Labute approximate surface area is 249 Å². The van der Waals surface area contributed by atoms with Gasteiger partial charge in [0.25, 0.3) is 5.91 Å². The van der Waals surface area contributed by atoms with E-state index in [4.69, 9.17) is 22.2 Å². The van der Waals surface area contributed by atoms with Gasteiger partial charge in [-0.1, -0.05) is 36.4 Å². The quantitative estimate of drug-likeness (QED) is 0.236. The van der Waals surface area contributed by atoms with Gasteiger partial charge in [-0.3, -0.25) is 14.0 Å². The molecule has 3 N–H and O–H groups in total. The number of halogens is 1. The molecule has 0 unspecified atom stereocenters. The number of rotatable bonds is 10. The van der Waals surface area contributed by atoms with E-state index >= 15 is 0 Å². The number of anilines is 1. The van der Waals surface area contributed by atoms with E-state index in [0.717, 1.165) is 33.2 Å². The van der Waals surface area contributed by atoms with E-state index in [1.54, 1.807) is 30.3 Å². The molecular weight excluding hydrogens is 554 g/mol. The predicted molar refractivity (Wildman–Crippen MR) is 162 cm³/mol. The number of nitrogens with two attached hydrogens (primary N) is 1. The minimum Gasteiger partial charge on any atom is -0.497 e. The summed E-state index contributed by atoms with van der Waals surface area (Å²) in [6, 6.07) is 25.3. The fourth-order valence-electron chi connectivity index (χ4n) is 5.27. The van der Waals surface area contributed by atoms with Gasteiger partial charge in [0, 0.05) is 48.2 Å². The van der Waals surface area contributed by atoms with E-state index in [-0.39, 0.29) is 11.5 Å². The summed E-state index contributed by atoms with van der Waals surface area (Å²) in [4.78, 5) is 39.5. The first-order valence-electron chi connectivity index (χ1n) is 13.5. The minimum atomic E-state index is -1.11.